The minimum Gasteiger partial charge on any atom is -0.297 e. The molecule has 7 aromatic carbocycles. The standard InChI is InChI=1S/C50H46B12N2/c51-41-37-34(24-10-5-8-22(20-24)23-9-6-11-25(21-23)64-33-17-4-3-16-32(33)63-48(64)49(58,59)50(60,61)62)38-40(44(54)47(57)46(56)42(38)52)36(39(37)43(53)45(41)55)31-19-18-30-27-13-2-1-12-26(27)28-14-7-15-29(31)35(28)30/h1-21,39H,51-62H2. The van der Waals surface area contributed by atoms with E-state index in [0.717, 1.165) is 22.5 Å². The van der Waals surface area contributed by atoms with Crippen LogP contribution < -0.4 is 32.3 Å². The number of nitrogens with zero attached hydrogens (tertiary/aromatic N) is 2. The van der Waals surface area contributed by atoms with Crippen molar-refractivity contribution < 1.29 is 0 Å². The van der Waals surface area contributed by atoms with E-state index in [-0.39, 0.29) is 16.2 Å². The van der Waals surface area contributed by atoms with E-state index in [0.29, 0.717) is 0 Å². The molecule has 1 atom stereocenters. The maximum absolute atomic E-state index is 5.32. The Kier molecular flexibility index (Phi) is 9.22. The van der Waals surface area contributed by atoms with Gasteiger partial charge in [-0.05, 0) is 118 Å². The Hall–Kier alpha value is -5.73. The lowest BCUT2D eigenvalue weighted by atomic mass is 9.23. The smallest absolute Gasteiger partial charge is 0.139 e. The van der Waals surface area contributed by atoms with Crippen molar-refractivity contribution in [1.29, 1.82) is 0 Å². The summed E-state index contributed by atoms with van der Waals surface area (Å²) in [5, 5.41) is 5.33. The number of hydrogen-bond donors (Lipinski definition) is 0. The normalized spacial score (nSPS) is 15.6. The zero-order chi connectivity index (χ0) is 44.7. The first-order valence-electron chi connectivity index (χ1n) is 23.2. The number of benzene rings is 7. The summed E-state index contributed by atoms with van der Waals surface area (Å²) >= 11 is 0. The molecule has 0 spiro atoms. The fourth-order valence-electron chi connectivity index (χ4n) is 11.4. The Bertz CT molecular complexity index is 3590. The fraction of sp³-hybridized carbons (Fsp3) is 0.0600. The maximum Gasteiger partial charge on any atom is 0.139 e. The van der Waals surface area contributed by atoms with Gasteiger partial charge in [-0.3, -0.25) is 4.57 Å². The topological polar surface area (TPSA) is 17.8 Å². The zero-order valence-electron chi connectivity index (χ0n) is 39.6. The molecule has 1 aromatic heterocycles. The van der Waals surface area contributed by atoms with Crippen molar-refractivity contribution in [2.24, 2.45) is 5.92 Å². The van der Waals surface area contributed by atoms with Gasteiger partial charge >= 0.3 is 0 Å². The molecule has 1 unspecified atom stereocenters. The first-order chi connectivity index (χ1) is 30.6. The molecule has 0 amide bonds. The molecular weight excluding hydrogens is 758 g/mol. The highest BCUT2D eigenvalue weighted by Gasteiger charge is 2.40. The fourth-order valence-corrected chi connectivity index (χ4v) is 11.4. The van der Waals surface area contributed by atoms with Crippen LogP contribution in [0.3, 0.4) is 0 Å². The number of fused-ring (bicyclic) bond motifs is 6. The third-order valence-electron chi connectivity index (χ3n) is 16.5. The predicted octanol–water partition coefficient (Wildman–Crippen LogP) is -4.67. The summed E-state index contributed by atoms with van der Waals surface area (Å²) in [5.74, 6) is 1.22. The van der Waals surface area contributed by atoms with Gasteiger partial charge < -0.3 is 0 Å². The molecule has 0 radical (unpaired) electrons. The summed E-state index contributed by atoms with van der Waals surface area (Å²) in [5.41, 5.74) is 27.8. The third kappa shape index (κ3) is 5.66. The Morgan fingerprint density at radius 2 is 1.06 bits per heavy atom. The first-order valence-corrected chi connectivity index (χ1v) is 23.2. The second-order valence-corrected chi connectivity index (χ2v) is 20.5. The molecule has 292 valence electrons. The molecule has 3 aliphatic carbocycles. The highest BCUT2D eigenvalue weighted by Crippen LogP contribution is 2.52. The molecule has 64 heavy (non-hydrogen) atoms. The highest BCUT2D eigenvalue weighted by atomic mass is 15.1. The van der Waals surface area contributed by atoms with Gasteiger partial charge in [-0.1, -0.05) is 113 Å². The Morgan fingerprint density at radius 3 is 1.78 bits per heavy atom. The van der Waals surface area contributed by atoms with Crippen molar-refractivity contribution in [3.8, 4) is 39.1 Å². The van der Waals surface area contributed by atoms with Gasteiger partial charge in [-0.15, -0.1) is 27.0 Å². The molecule has 0 aliphatic heterocycles. The number of aromatic nitrogens is 2. The van der Waals surface area contributed by atoms with E-state index in [1.54, 1.807) is 0 Å². The Labute approximate surface area is 388 Å². The van der Waals surface area contributed by atoms with Crippen LogP contribution in [0.5, 0.6) is 0 Å². The van der Waals surface area contributed by atoms with E-state index in [2.05, 4.69) is 226 Å². The zero-order valence-corrected chi connectivity index (χ0v) is 39.6. The van der Waals surface area contributed by atoms with Crippen LogP contribution in [0.2, 0.25) is 5.11 Å². The van der Waals surface area contributed by atoms with Crippen molar-refractivity contribution in [1.82, 2.24) is 9.55 Å². The van der Waals surface area contributed by atoms with Crippen molar-refractivity contribution >= 4 is 149 Å². The van der Waals surface area contributed by atoms with E-state index in [1.165, 1.54) is 121 Å². The summed E-state index contributed by atoms with van der Waals surface area (Å²) in [6.07, 6.45) is 0. The summed E-state index contributed by atoms with van der Waals surface area (Å²) in [6.45, 7) is 0. The van der Waals surface area contributed by atoms with Crippen LogP contribution in [0.1, 0.15) is 17.0 Å². The maximum atomic E-state index is 5.32. The quantitative estimate of drug-likeness (QED) is 0.155. The lowest BCUT2D eigenvalue weighted by molar-refractivity contribution is 0.757. The van der Waals surface area contributed by atoms with Crippen LogP contribution in [0.15, 0.2) is 149 Å². The number of para-hydroxylation sites is 2. The second-order valence-electron chi connectivity index (χ2n) is 20.5. The summed E-state index contributed by atoms with van der Waals surface area (Å²) in [4.78, 5) is 5.32. The minimum absolute atomic E-state index is 0.00706. The summed E-state index contributed by atoms with van der Waals surface area (Å²) in [7, 11) is 28.2. The first kappa shape index (κ1) is 41.0. The van der Waals surface area contributed by atoms with Gasteiger partial charge in [0.15, 0.2) is 0 Å². The van der Waals surface area contributed by atoms with E-state index in [9.17, 15) is 0 Å². The van der Waals surface area contributed by atoms with Gasteiger partial charge in [-0.2, -0.15) is 0 Å². The van der Waals surface area contributed by atoms with Crippen LogP contribution in [-0.4, -0.2) is 104 Å². The van der Waals surface area contributed by atoms with Crippen LogP contribution in [0.25, 0.3) is 72.0 Å². The lowest BCUT2D eigenvalue weighted by Gasteiger charge is -2.39. The highest BCUT2D eigenvalue weighted by molar-refractivity contribution is 6.67. The predicted molar refractivity (Wildman–Crippen MR) is 309 cm³/mol. The molecule has 14 heteroatoms. The number of imidazole rings is 1. The van der Waals surface area contributed by atoms with Gasteiger partial charge in [0, 0.05) is 11.6 Å². The van der Waals surface area contributed by atoms with Crippen LogP contribution in [-0.2, 0) is 5.21 Å². The van der Waals surface area contributed by atoms with Crippen molar-refractivity contribution in [2.45, 2.75) is 10.3 Å². The third-order valence-corrected chi connectivity index (χ3v) is 16.5. The molecule has 0 saturated carbocycles. The van der Waals surface area contributed by atoms with E-state index < -0.39 is 0 Å². The SMILES string of the molecule is BC1=C(B)C2C(=C1B)C(c1cccc(-c3cccc(-n4c(C(B)(B)C(B)(B)B)nc5ccccc54)c3)c1)=c1c(B)c(B)c(B)c(B)c1=C2c1ccc2c3c(cccc13)-c1ccccc1-2. The van der Waals surface area contributed by atoms with E-state index in [4.69, 9.17) is 4.98 Å². The Balaban J connectivity index is 1.18. The molecular formula is C50H46B12N2. The van der Waals surface area contributed by atoms with Crippen LogP contribution >= 0.6 is 0 Å². The molecule has 2 nitrogen and oxygen atoms in total. The monoisotopic (exact) mass is 806 g/mol. The van der Waals surface area contributed by atoms with Crippen molar-refractivity contribution in [2.75, 3.05) is 0 Å². The van der Waals surface area contributed by atoms with Gasteiger partial charge in [0.1, 0.15) is 76.4 Å². The molecule has 0 fully saturated rings. The van der Waals surface area contributed by atoms with E-state index in [1.807, 2.05) is 0 Å². The van der Waals surface area contributed by atoms with Crippen LogP contribution in [0.4, 0.5) is 0 Å². The van der Waals surface area contributed by atoms with E-state index >= 15 is 0 Å². The number of rotatable bonds is 6. The van der Waals surface area contributed by atoms with Gasteiger partial charge in [0.2, 0.25) is 0 Å². The number of hydrogen-bond acceptors (Lipinski definition) is 1. The van der Waals surface area contributed by atoms with Crippen molar-refractivity contribution in [3.63, 3.8) is 0 Å². The number of allylic oxidation sites excluding steroid dienone is 4. The summed E-state index contributed by atoms with van der Waals surface area (Å²) < 4.78 is 2.40. The molecule has 8 aromatic rings. The molecule has 3 aliphatic rings. The van der Waals surface area contributed by atoms with Gasteiger partial charge in [0.05, 0.1) is 34.6 Å². The molecule has 11 rings (SSSR count). The van der Waals surface area contributed by atoms with Crippen LogP contribution in [0, 0.1) is 5.92 Å². The molecule has 0 N–H and O–H groups in total. The van der Waals surface area contributed by atoms with Gasteiger partial charge in [-0.25, -0.2) is 4.98 Å². The average Bonchev–Trinajstić information content (AvgIpc) is 3.93. The lowest BCUT2D eigenvalue weighted by Crippen LogP contribution is -2.66. The van der Waals surface area contributed by atoms with Gasteiger partial charge in [0.25, 0.3) is 0 Å². The minimum atomic E-state index is -0.194. The molecule has 1 heterocycles. The van der Waals surface area contributed by atoms with Crippen molar-refractivity contribution in [3.05, 3.63) is 177 Å². The Morgan fingerprint density at radius 1 is 0.484 bits per heavy atom. The molecule has 0 bridgehead atoms. The second kappa shape index (κ2) is 14.4. The molecule has 0 saturated heterocycles. The largest absolute Gasteiger partial charge is 0.297 e. The summed E-state index contributed by atoms with van der Waals surface area (Å²) in [6, 6.07) is 47.9. The average molecular weight is 805 g/mol.